The standard InChI is InChI=1S/C24H21ClN2O5S/c1-13(2)18-10-19-16(9-21(28)31-20(19)8-14(18)3)11-30-22(29)12-33-24-27-26-23(32-24)15-4-6-17(25)7-5-15/h4-10,13H,11-12H2,1-3H3. The molecule has 2 aromatic heterocycles. The third-order valence-corrected chi connectivity index (χ3v) is 6.08. The van der Waals surface area contributed by atoms with Crippen molar-refractivity contribution in [2.24, 2.45) is 0 Å². The second kappa shape index (κ2) is 9.80. The highest BCUT2D eigenvalue weighted by molar-refractivity contribution is 7.99. The molecule has 0 aliphatic heterocycles. The Labute approximate surface area is 199 Å². The van der Waals surface area contributed by atoms with Crippen molar-refractivity contribution in [2.45, 2.75) is 38.5 Å². The minimum Gasteiger partial charge on any atom is -0.460 e. The Morgan fingerprint density at radius 1 is 1.12 bits per heavy atom. The number of fused-ring (bicyclic) bond motifs is 1. The third kappa shape index (κ3) is 5.46. The lowest BCUT2D eigenvalue weighted by molar-refractivity contribution is -0.141. The minimum absolute atomic E-state index is 0.0159. The van der Waals surface area contributed by atoms with Gasteiger partial charge < -0.3 is 13.6 Å². The Hall–Kier alpha value is -3.10. The van der Waals surface area contributed by atoms with Crippen LogP contribution in [0.5, 0.6) is 0 Å². The van der Waals surface area contributed by atoms with E-state index in [0.29, 0.717) is 28.0 Å². The SMILES string of the molecule is Cc1cc2oc(=O)cc(COC(=O)CSc3nnc(-c4ccc(Cl)cc4)o3)c2cc1C(C)C. The number of aromatic nitrogens is 2. The van der Waals surface area contributed by atoms with E-state index in [2.05, 4.69) is 24.0 Å². The van der Waals surface area contributed by atoms with Crippen LogP contribution < -0.4 is 5.63 Å². The highest BCUT2D eigenvalue weighted by Crippen LogP contribution is 2.28. The fourth-order valence-corrected chi connectivity index (χ4v) is 4.12. The Morgan fingerprint density at radius 2 is 1.88 bits per heavy atom. The summed E-state index contributed by atoms with van der Waals surface area (Å²) in [5.74, 6) is 0.156. The molecule has 2 aromatic carbocycles. The summed E-state index contributed by atoms with van der Waals surface area (Å²) in [6.07, 6.45) is 0. The highest BCUT2D eigenvalue weighted by Gasteiger charge is 2.15. The summed E-state index contributed by atoms with van der Waals surface area (Å²) in [5, 5.41) is 9.54. The average Bonchev–Trinajstić information content (AvgIpc) is 3.24. The smallest absolute Gasteiger partial charge is 0.336 e. The molecule has 0 bridgehead atoms. The van der Waals surface area contributed by atoms with Crippen molar-refractivity contribution >= 4 is 40.3 Å². The van der Waals surface area contributed by atoms with E-state index in [0.717, 1.165) is 33.8 Å². The number of aryl methyl sites for hydroxylation is 1. The van der Waals surface area contributed by atoms with Gasteiger partial charge in [-0.2, -0.15) is 0 Å². The van der Waals surface area contributed by atoms with Gasteiger partial charge in [-0.3, -0.25) is 4.79 Å². The van der Waals surface area contributed by atoms with Crippen LogP contribution in [0.4, 0.5) is 0 Å². The van der Waals surface area contributed by atoms with E-state index in [1.54, 1.807) is 24.3 Å². The van der Waals surface area contributed by atoms with Crippen LogP contribution in [0, 0.1) is 6.92 Å². The van der Waals surface area contributed by atoms with Crippen molar-refractivity contribution in [2.75, 3.05) is 5.75 Å². The first-order chi connectivity index (χ1) is 15.8. The molecule has 7 nitrogen and oxygen atoms in total. The molecule has 0 unspecified atom stereocenters. The van der Waals surface area contributed by atoms with Gasteiger partial charge >= 0.3 is 11.6 Å². The molecule has 4 aromatic rings. The fourth-order valence-electron chi connectivity index (χ4n) is 3.43. The third-order valence-electron chi connectivity index (χ3n) is 5.04. The lowest BCUT2D eigenvalue weighted by Crippen LogP contribution is -2.10. The van der Waals surface area contributed by atoms with Gasteiger partial charge in [0.15, 0.2) is 0 Å². The molecule has 9 heteroatoms. The van der Waals surface area contributed by atoms with Gasteiger partial charge in [-0.1, -0.05) is 37.2 Å². The van der Waals surface area contributed by atoms with Crippen molar-refractivity contribution in [3.05, 3.63) is 74.6 Å². The van der Waals surface area contributed by atoms with Crippen LogP contribution in [-0.2, 0) is 16.1 Å². The molecule has 4 rings (SSSR count). The number of carbonyl (C=O) groups is 1. The summed E-state index contributed by atoms with van der Waals surface area (Å²) >= 11 is 6.96. The summed E-state index contributed by atoms with van der Waals surface area (Å²) in [4.78, 5) is 24.3. The molecule has 0 fully saturated rings. The number of nitrogens with zero attached hydrogens (tertiary/aromatic N) is 2. The van der Waals surface area contributed by atoms with E-state index in [1.165, 1.54) is 6.07 Å². The topological polar surface area (TPSA) is 95.4 Å². The molecule has 0 amide bonds. The van der Waals surface area contributed by atoms with Gasteiger partial charge in [0.2, 0.25) is 5.89 Å². The van der Waals surface area contributed by atoms with Crippen molar-refractivity contribution < 1.29 is 18.4 Å². The second-order valence-corrected chi connectivity index (χ2v) is 9.14. The number of ether oxygens (including phenoxy) is 1. The van der Waals surface area contributed by atoms with Crippen LogP contribution >= 0.6 is 23.4 Å². The van der Waals surface area contributed by atoms with Crippen LogP contribution in [0.2, 0.25) is 5.02 Å². The minimum atomic E-state index is -0.486. The van der Waals surface area contributed by atoms with E-state index >= 15 is 0 Å². The number of hydrogen-bond acceptors (Lipinski definition) is 8. The number of esters is 1. The Morgan fingerprint density at radius 3 is 2.61 bits per heavy atom. The van der Waals surface area contributed by atoms with E-state index in [9.17, 15) is 9.59 Å². The van der Waals surface area contributed by atoms with Crippen molar-refractivity contribution in [1.82, 2.24) is 10.2 Å². The predicted octanol–water partition coefficient (Wildman–Crippen LogP) is 5.76. The molecule has 0 saturated heterocycles. The van der Waals surface area contributed by atoms with E-state index in [-0.39, 0.29) is 17.6 Å². The van der Waals surface area contributed by atoms with Gasteiger partial charge in [0.25, 0.3) is 5.22 Å². The lowest BCUT2D eigenvalue weighted by atomic mass is 9.95. The number of rotatable bonds is 7. The average molecular weight is 485 g/mol. The maximum absolute atomic E-state index is 12.3. The van der Waals surface area contributed by atoms with Crippen molar-refractivity contribution in [3.63, 3.8) is 0 Å². The molecule has 0 saturated carbocycles. The highest BCUT2D eigenvalue weighted by atomic mass is 35.5. The van der Waals surface area contributed by atoms with Crippen molar-refractivity contribution in [1.29, 1.82) is 0 Å². The van der Waals surface area contributed by atoms with Gasteiger partial charge in [0.05, 0.1) is 0 Å². The molecule has 0 aliphatic rings. The van der Waals surface area contributed by atoms with Gasteiger partial charge in [-0.25, -0.2) is 4.79 Å². The van der Waals surface area contributed by atoms with E-state index < -0.39 is 11.6 Å². The molecule has 0 N–H and O–H groups in total. The largest absolute Gasteiger partial charge is 0.460 e. The number of benzene rings is 2. The number of hydrogen-bond donors (Lipinski definition) is 0. The van der Waals surface area contributed by atoms with Crippen LogP contribution in [0.1, 0.15) is 36.5 Å². The molecule has 0 spiro atoms. The second-order valence-electron chi connectivity index (χ2n) is 7.78. The summed E-state index contributed by atoms with van der Waals surface area (Å²) in [7, 11) is 0. The summed E-state index contributed by atoms with van der Waals surface area (Å²) in [5.41, 5.74) is 3.51. The lowest BCUT2D eigenvalue weighted by Gasteiger charge is -2.13. The molecule has 170 valence electrons. The zero-order valence-corrected chi connectivity index (χ0v) is 19.8. The zero-order chi connectivity index (χ0) is 23.5. The quantitative estimate of drug-likeness (QED) is 0.185. The molecular weight excluding hydrogens is 464 g/mol. The predicted molar refractivity (Wildman–Crippen MR) is 127 cm³/mol. The van der Waals surface area contributed by atoms with Crippen LogP contribution in [0.3, 0.4) is 0 Å². The molecule has 2 heterocycles. The van der Waals surface area contributed by atoms with Crippen molar-refractivity contribution in [3.8, 4) is 11.5 Å². The number of thioether (sulfide) groups is 1. The Kier molecular flexibility index (Phi) is 6.85. The molecule has 0 aliphatic carbocycles. The summed E-state index contributed by atoms with van der Waals surface area (Å²) in [6, 6.07) is 12.2. The maximum Gasteiger partial charge on any atom is 0.336 e. The van der Waals surface area contributed by atoms with Gasteiger partial charge in [-0.05, 0) is 60.4 Å². The molecule has 0 radical (unpaired) electrons. The molecular formula is C24H21ClN2O5S. The zero-order valence-electron chi connectivity index (χ0n) is 18.3. The van der Waals surface area contributed by atoms with Gasteiger partial charge in [-0.15, -0.1) is 10.2 Å². The monoisotopic (exact) mass is 484 g/mol. The number of carbonyl (C=O) groups excluding carboxylic acids is 1. The Bertz CT molecular complexity index is 1360. The van der Waals surface area contributed by atoms with Gasteiger partial charge in [0, 0.05) is 27.6 Å². The molecule has 0 atom stereocenters. The maximum atomic E-state index is 12.3. The fraction of sp³-hybridized carbons (Fsp3) is 0.250. The Balaban J connectivity index is 1.41. The van der Waals surface area contributed by atoms with Crippen LogP contribution in [0.25, 0.3) is 22.4 Å². The first-order valence-corrected chi connectivity index (χ1v) is 11.6. The van der Waals surface area contributed by atoms with Crippen LogP contribution in [0.15, 0.2) is 61.3 Å². The molecule has 33 heavy (non-hydrogen) atoms. The first kappa shape index (κ1) is 23.1. The van der Waals surface area contributed by atoms with Crippen LogP contribution in [-0.4, -0.2) is 21.9 Å². The normalized spacial score (nSPS) is 11.3. The van der Waals surface area contributed by atoms with E-state index in [1.807, 2.05) is 19.1 Å². The number of halogens is 1. The first-order valence-electron chi connectivity index (χ1n) is 10.3. The summed E-state index contributed by atoms with van der Waals surface area (Å²) in [6.45, 7) is 6.14. The summed E-state index contributed by atoms with van der Waals surface area (Å²) < 4.78 is 16.3. The van der Waals surface area contributed by atoms with Gasteiger partial charge in [0.1, 0.15) is 17.9 Å². The van der Waals surface area contributed by atoms with E-state index in [4.69, 9.17) is 25.2 Å².